The minimum absolute atomic E-state index is 0.0821. The maximum Gasteiger partial charge on any atom is 0.248 e. The molecule has 0 amide bonds. The van der Waals surface area contributed by atoms with Crippen molar-refractivity contribution in [3.05, 3.63) is 48.8 Å². The molecule has 19 heavy (non-hydrogen) atoms. The summed E-state index contributed by atoms with van der Waals surface area (Å²) >= 11 is 0. The number of hydrogen-bond donors (Lipinski definition) is 0. The zero-order chi connectivity index (χ0) is 13.5. The van der Waals surface area contributed by atoms with E-state index in [9.17, 15) is 8.42 Å². The second-order valence-electron chi connectivity index (χ2n) is 5.66. The summed E-state index contributed by atoms with van der Waals surface area (Å²) in [6, 6.07) is 3.50. The van der Waals surface area contributed by atoms with Crippen molar-refractivity contribution in [3.63, 3.8) is 0 Å². The Morgan fingerprint density at radius 3 is 2.42 bits per heavy atom. The molecular formula is C15H19NO2S. The highest BCUT2D eigenvalue weighted by atomic mass is 32.2. The number of aromatic nitrogens is 1. The van der Waals surface area contributed by atoms with Crippen LogP contribution in [0.25, 0.3) is 0 Å². The smallest absolute Gasteiger partial charge is 0.248 e. The van der Waals surface area contributed by atoms with Gasteiger partial charge in [-0.05, 0) is 37.8 Å². The van der Waals surface area contributed by atoms with Crippen molar-refractivity contribution >= 4 is 10.0 Å². The van der Waals surface area contributed by atoms with Crippen LogP contribution in [0.15, 0.2) is 48.8 Å². The van der Waals surface area contributed by atoms with E-state index in [0.717, 1.165) is 12.8 Å². The minimum atomic E-state index is -3.41. The van der Waals surface area contributed by atoms with Gasteiger partial charge in [0.2, 0.25) is 10.0 Å². The molecular weight excluding hydrogens is 258 g/mol. The van der Waals surface area contributed by atoms with E-state index in [4.69, 9.17) is 0 Å². The Kier molecular flexibility index (Phi) is 2.93. The number of rotatable bonds is 3. The summed E-state index contributed by atoms with van der Waals surface area (Å²) in [5, 5.41) is 0. The molecule has 1 heterocycles. The highest BCUT2D eigenvalue weighted by molar-refractivity contribution is 7.91. The minimum Gasteiger partial charge on any atom is -0.252 e. The van der Waals surface area contributed by atoms with E-state index in [1.807, 2.05) is 25.2 Å². The molecule has 2 aliphatic rings. The molecule has 1 saturated carbocycles. The van der Waals surface area contributed by atoms with Crippen LogP contribution in [0.5, 0.6) is 0 Å². The van der Waals surface area contributed by atoms with Crippen LogP contribution in [0.3, 0.4) is 0 Å². The van der Waals surface area contributed by atoms with Crippen LogP contribution in [0.4, 0.5) is 0 Å². The maximum atomic E-state index is 12.9. The molecule has 0 N–H and O–H groups in total. The van der Waals surface area contributed by atoms with Gasteiger partial charge in [0.25, 0.3) is 0 Å². The van der Waals surface area contributed by atoms with Crippen LogP contribution in [0.2, 0.25) is 0 Å². The number of allylic oxidation sites excluding steroid dienone is 3. The van der Waals surface area contributed by atoms with E-state index < -0.39 is 14.8 Å². The van der Waals surface area contributed by atoms with Gasteiger partial charge in [0.05, 0.1) is 0 Å². The zero-order valence-corrected chi connectivity index (χ0v) is 11.9. The molecule has 102 valence electrons. The van der Waals surface area contributed by atoms with Gasteiger partial charge in [-0.15, -0.1) is 0 Å². The molecule has 0 aromatic carbocycles. The highest BCUT2D eigenvalue weighted by Crippen LogP contribution is 2.45. The Morgan fingerprint density at radius 2 is 1.84 bits per heavy atom. The molecule has 3 nitrogen and oxygen atoms in total. The molecule has 1 fully saturated rings. The molecule has 2 unspecified atom stereocenters. The van der Waals surface area contributed by atoms with E-state index in [1.54, 1.807) is 24.5 Å². The average molecular weight is 277 g/mol. The van der Waals surface area contributed by atoms with Crippen molar-refractivity contribution in [3.8, 4) is 0 Å². The van der Waals surface area contributed by atoms with Crippen LogP contribution in [-0.4, -0.2) is 17.1 Å². The Morgan fingerprint density at radius 1 is 1.16 bits per heavy atom. The van der Waals surface area contributed by atoms with E-state index >= 15 is 0 Å². The lowest BCUT2D eigenvalue weighted by molar-refractivity contribution is 0.217. The van der Waals surface area contributed by atoms with Crippen molar-refractivity contribution < 1.29 is 8.42 Å². The van der Waals surface area contributed by atoms with Crippen molar-refractivity contribution in [1.29, 1.82) is 0 Å². The Bertz CT molecular complexity index is 609. The topological polar surface area (TPSA) is 39.1 Å². The molecule has 2 atom stereocenters. The van der Waals surface area contributed by atoms with Gasteiger partial charge in [-0.1, -0.05) is 30.7 Å². The highest BCUT2D eigenvalue weighted by Gasteiger charge is 2.48. The second-order valence-corrected chi connectivity index (χ2v) is 7.91. The van der Waals surface area contributed by atoms with Crippen LogP contribution in [0, 0.1) is 11.8 Å². The first-order chi connectivity index (χ1) is 9.06. The first-order valence-corrected chi connectivity index (χ1v) is 8.24. The van der Waals surface area contributed by atoms with Crippen molar-refractivity contribution in [2.24, 2.45) is 11.8 Å². The van der Waals surface area contributed by atoms with Crippen molar-refractivity contribution in [2.45, 2.75) is 30.9 Å². The van der Waals surface area contributed by atoms with Crippen molar-refractivity contribution in [1.82, 2.24) is 3.97 Å². The zero-order valence-electron chi connectivity index (χ0n) is 11.1. The summed E-state index contributed by atoms with van der Waals surface area (Å²) < 4.78 is 26.3. The Balaban J connectivity index is 2.05. The third-order valence-electron chi connectivity index (χ3n) is 4.59. The maximum absolute atomic E-state index is 12.9. The lowest BCUT2D eigenvalue weighted by Crippen LogP contribution is -2.48. The SMILES string of the molecule is CC1(S(=O)(=O)n2cccc2)C=CC=CC1C1CCC1. The first kappa shape index (κ1) is 12.7. The number of hydrogen-bond acceptors (Lipinski definition) is 2. The Labute approximate surface area is 114 Å². The summed E-state index contributed by atoms with van der Waals surface area (Å²) in [5.74, 6) is 0.579. The largest absolute Gasteiger partial charge is 0.252 e. The molecule has 0 spiro atoms. The third kappa shape index (κ3) is 1.81. The molecule has 0 radical (unpaired) electrons. The fraction of sp³-hybridized carbons (Fsp3) is 0.467. The standard InChI is InChI=1S/C15H19NO2S/c1-15(19(17,18)16-11-4-5-12-16)10-3-2-9-14(15)13-7-6-8-13/h2-5,9-14H,6-8H2,1H3. The van der Waals surface area contributed by atoms with Gasteiger partial charge < -0.3 is 0 Å². The normalized spacial score (nSPS) is 31.3. The van der Waals surface area contributed by atoms with Gasteiger partial charge in [-0.3, -0.25) is 3.97 Å². The summed E-state index contributed by atoms with van der Waals surface area (Å²) in [7, 11) is -3.41. The molecule has 0 saturated heterocycles. The van der Waals surface area contributed by atoms with E-state index in [0.29, 0.717) is 5.92 Å². The quantitative estimate of drug-likeness (QED) is 0.852. The molecule has 1 aromatic heterocycles. The molecule has 0 bridgehead atoms. The van der Waals surface area contributed by atoms with E-state index in [1.165, 1.54) is 10.4 Å². The molecule has 1 aromatic rings. The third-order valence-corrected chi connectivity index (χ3v) is 6.91. The van der Waals surface area contributed by atoms with Gasteiger partial charge in [0, 0.05) is 18.3 Å². The van der Waals surface area contributed by atoms with Gasteiger partial charge in [-0.2, -0.15) is 0 Å². The lowest BCUT2D eigenvalue weighted by Gasteiger charge is -2.42. The van der Waals surface area contributed by atoms with E-state index in [2.05, 4.69) is 6.08 Å². The van der Waals surface area contributed by atoms with Gasteiger partial charge >= 0.3 is 0 Å². The number of nitrogens with zero attached hydrogens (tertiary/aromatic N) is 1. The van der Waals surface area contributed by atoms with Crippen LogP contribution < -0.4 is 0 Å². The lowest BCUT2D eigenvalue weighted by atomic mass is 9.69. The molecule has 0 aliphatic heterocycles. The van der Waals surface area contributed by atoms with Gasteiger partial charge in [-0.25, -0.2) is 8.42 Å². The Hall–Kier alpha value is -1.29. The summed E-state index contributed by atoms with van der Waals surface area (Å²) in [6.07, 6.45) is 14.5. The first-order valence-electron chi connectivity index (χ1n) is 6.80. The summed E-state index contributed by atoms with van der Waals surface area (Å²) in [5.41, 5.74) is 0. The predicted octanol–water partition coefficient (Wildman–Crippen LogP) is 2.97. The molecule has 3 rings (SSSR count). The monoisotopic (exact) mass is 277 g/mol. The summed E-state index contributed by atoms with van der Waals surface area (Å²) in [4.78, 5) is 0. The second kappa shape index (κ2) is 4.37. The fourth-order valence-corrected chi connectivity index (χ4v) is 4.90. The van der Waals surface area contributed by atoms with Crippen LogP contribution in [-0.2, 0) is 10.0 Å². The van der Waals surface area contributed by atoms with Gasteiger partial charge in [0.1, 0.15) is 4.75 Å². The molecule has 2 aliphatic carbocycles. The van der Waals surface area contributed by atoms with Crippen LogP contribution in [0.1, 0.15) is 26.2 Å². The van der Waals surface area contributed by atoms with Gasteiger partial charge in [0.15, 0.2) is 0 Å². The fourth-order valence-electron chi connectivity index (χ4n) is 3.12. The van der Waals surface area contributed by atoms with Crippen molar-refractivity contribution in [2.75, 3.05) is 0 Å². The van der Waals surface area contributed by atoms with E-state index in [-0.39, 0.29) is 5.92 Å². The molecule has 4 heteroatoms. The predicted molar refractivity (Wildman–Crippen MR) is 76.3 cm³/mol. The van der Waals surface area contributed by atoms with Crippen LogP contribution >= 0.6 is 0 Å². The average Bonchev–Trinajstić information content (AvgIpc) is 2.83. The summed E-state index contributed by atoms with van der Waals surface area (Å²) in [6.45, 7) is 1.85.